The van der Waals surface area contributed by atoms with Gasteiger partial charge in [0.2, 0.25) is 0 Å². The molecular formula is C7H10. The monoisotopic (exact) mass is 94.1 g/mol. The van der Waals surface area contributed by atoms with Crippen molar-refractivity contribution in [3.8, 4) is 0 Å². The van der Waals surface area contributed by atoms with E-state index in [0.29, 0.717) is 5.92 Å². The number of hydrogen-bond donors (Lipinski definition) is 0. The lowest BCUT2D eigenvalue weighted by Gasteiger charge is -1.62. The van der Waals surface area contributed by atoms with Crippen molar-refractivity contribution in [2.75, 3.05) is 0 Å². The van der Waals surface area contributed by atoms with E-state index in [1.54, 1.807) is 0 Å². The molecule has 0 nitrogen and oxygen atoms in total. The molecule has 38 valence electrons. The van der Waals surface area contributed by atoms with Crippen molar-refractivity contribution in [3.05, 3.63) is 23.8 Å². The summed E-state index contributed by atoms with van der Waals surface area (Å²) in [5.74, 6) is 0.699. The Morgan fingerprint density at radius 1 is 1.71 bits per heavy atom. The average Bonchev–Trinajstić information content (AvgIpc) is 2.17. The maximum Gasteiger partial charge on any atom is 0.00574 e. The van der Waals surface area contributed by atoms with Gasteiger partial charge in [-0.1, -0.05) is 19.6 Å². The Morgan fingerprint density at radius 3 is 2.14 bits per heavy atom. The molecule has 1 rings (SSSR count). The number of allylic oxidation sites excluding steroid dienone is 3. The maximum absolute atomic E-state index is 3.83. The van der Waals surface area contributed by atoms with Gasteiger partial charge in [-0.2, -0.15) is 0 Å². The molecule has 1 saturated carbocycles. The first-order valence-electron chi connectivity index (χ1n) is 2.62. The van der Waals surface area contributed by atoms with Gasteiger partial charge in [0.15, 0.2) is 0 Å². The minimum absolute atomic E-state index is 0.699. The molecule has 0 aromatic rings. The molecule has 0 spiro atoms. The van der Waals surface area contributed by atoms with Crippen molar-refractivity contribution in [1.29, 1.82) is 0 Å². The standard InChI is InChI=1S/C7H10/c1-4-7-5(2)6(7)3/h4,6H,2H2,1,3H3/b7-4+. The van der Waals surface area contributed by atoms with E-state index < -0.39 is 0 Å². The van der Waals surface area contributed by atoms with Crippen LogP contribution in [0.4, 0.5) is 0 Å². The van der Waals surface area contributed by atoms with E-state index in [4.69, 9.17) is 0 Å². The molecule has 1 unspecified atom stereocenters. The fraction of sp³-hybridized carbons (Fsp3) is 0.429. The predicted octanol–water partition coefficient (Wildman–Crippen LogP) is 2.14. The molecule has 1 fully saturated rings. The van der Waals surface area contributed by atoms with Gasteiger partial charge in [0.05, 0.1) is 0 Å². The smallest absolute Gasteiger partial charge is 0.00574 e. The van der Waals surface area contributed by atoms with Crippen molar-refractivity contribution >= 4 is 0 Å². The van der Waals surface area contributed by atoms with Gasteiger partial charge in [0, 0.05) is 5.92 Å². The van der Waals surface area contributed by atoms with E-state index in [1.807, 2.05) is 0 Å². The molecule has 7 heavy (non-hydrogen) atoms. The number of hydrogen-bond acceptors (Lipinski definition) is 0. The highest BCUT2D eigenvalue weighted by atomic mass is 14.3. The van der Waals surface area contributed by atoms with Crippen LogP contribution < -0.4 is 0 Å². The SMILES string of the molecule is C=C1/C(=C\C)C1C. The summed E-state index contributed by atoms with van der Waals surface area (Å²) < 4.78 is 0. The van der Waals surface area contributed by atoms with Gasteiger partial charge >= 0.3 is 0 Å². The summed E-state index contributed by atoms with van der Waals surface area (Å²) in [4.78, 5) is 0. The molecule has 0 bridgehead atoms. The zero-order valence-electron chi connectivity index (χ0n) is 4.86. The van der Waals surface area contributed by atoms with Crippen molar-refractivity contribution in [3.63, 3.8) is 0 Å². The number of rotatable bonds is 0. The zero-order chi connectivity index (χ0) is 5.44. The van der Waals surface area contributed by atoms with Gasteiger partial charge in [-0.15, -0.1) is 0 Å². The van der Waals surface area contributed by atoms with Crippen LogP contribution in [-0.2, 0) is 0 Å². The van der Waals surface area contributed by atoms with E-state index in [2.05, 4.69) is 26.5 Å². The highest BCUT2D eigenvalue weighted by Crippen LogP contribution is 2.42. The van der Waals surface area contributed by atoms with Gasteiger partial charge in [-0.25, -0.2) is 0 Å². The molecule has 0 amide bonds. The van der Waals surface area contributed by atoms with Crippen LogP contribution in [0.25, 0.3) is 0 Å². The zero-order valence-corrected chi connectivity index (χ0v) is 4.86. The second kappa shape index (κ2) is 1.22. The van der Waals surface area contributed by atoms with Crippen molar-refractivity contribution in [2.45, 2.75) is 13.8 Å². The summed E-state index contributed by atoms with van der Waals surface area (Å²) in [6.45, 7) is 8.07. The topological polar surface area (TPSA) is 0 Å². The van der Waals surface area contributed by atoms with Crippen LogP contribution in [0.5, 0.6) is 0 Å². The first-order valence-corrected chi connectivity index (χ1v) is 2.62. The molecule has 1 aliphatic rings. The van der Waals surface area contributed by atoms with Crippen LogP contribution in [0.1, 0.15) is 13.8 Å². The minimum Gasteiger partial charge on any atom is -0.0949 e. The largest absolute Gasteiger partial charge is 0.0949 e. The molecule has 0 aliphatic heterocycles. The molecular weight excluding hydrogens is 84.1 g/mol. The van der Waals surface area contributed by atoms with Crippen LogP contribution >= 0.6 is 0 Å². The van der Waals surface area contributed by atoms with E-state index in [0.717, 1.165) is 0 Å². The van der Waals surface area contributed by atoms with Gasteiger partial charge < -0.3 is 0 Å². The Labute approximate surface area is 44.5 Å². The Morgan fingerprint density at radius 2 is 2.14 bits per heavy atom. The Balaban J connectivity index is 2.71. The average molecular weight is 94.2 g/mol. The molecule has 0 N–H and O–H groups in total. The summed E-state index contributed by atoms with van der Waals surface area (Å²) in [5.41, 5.74) is 2.77. The molecule has 1 atom stereocenters. The van der Waals surface area contributed by atoms with Crippen molar-refractivity contribution in [1.82, 2.24) is 0 Å². The predicted molar refractivity (Wildman–Crippen MR) is 32.1 cm³/mol. The molecule has 0 radical (unpaired) electrons. The highest BCUT2D eigenvalue weighted by molar-refractivity contribution is 5.52. The molecule has 0 heterocycles. The van der Waals surface area contributed by atoms with Crippen LogP contribution in [0.3, 0.4) is 0 Å². The Hall–Kier alpha value is -0.520. The summed E-state index contributed by atoms with van der Waals surface area (Å²) in [7, 11) is 0. The van der Waals surface area contributed by atoms with E-state index in [-0.39, 0.29) is 0 Å². The third-order valence-corrected chi connectivity index (χ3v) is 1.59. The van der Waals surface area contributed by atoms with Gasteiger partial charge in [-0.05, 0) is 18.1 Å². The molecule has 0 aromatic heterocycles. The minimum atomic E-state index is 0.699. The van der Waals surface area contributed by atoms with Crippen LogP contribution in [-0.4, -0.2) is 0 Å². The van der Waals surface area contributed by atoms with Crippen molar-refractivity contribution < 1.29 is 0 Å². The third-order valence-electron chi connectivity index (χ3n) is 1.59. The summed E-state index contributed by atoms with van der Waals surface area (Å²) in [6, 6.07) is 0. The highest BCUT2D eigenvalue weighted by Gasteiger charge is 2.28. The Kier molecular flexibility index (Phi) is 0.810. The van der Waals surface area contributed by atoms with E-state index >= 15 is 0 Å². The van der Waals surface area contributed by atoms with E-state index in [9.17, 15) is 0 Å². The molecule has 0 saturated heterocycles. The third kappa shape index (κ3) is 0.504. The van der Waals surface area contributed by atoms with Gasteiger partial charge in [0.1, 0.15) is 0 Å². The summed E-state index contributed by atoms with van der Waals surface area (Å²) >= 11 is 0. The second-order valence-corrected chi connectivity index (χ2v) is 1.99. The first kappa shape index (κ1) is 4.63. The summed E-state index contributed by atoms with van der Waals surface area (Å²) in [6.07, 6.45) is 2.13. The van der Waals surface area contributed by atoms with Gasteiger partial charge in [-0.3, -0.25) is 0 Å². The van der Waals surface area contributed by atoms with E-state index in [1.165, 1.54) is 11.1 Å². The molecule has 0 heteroatoms. The van der Waals surface area contributed by atoms with Crippen LogP contribution in [0, 0.1) is 5.92 Å². The van der Waals surface area contributed by atoms with Crippen LogP contribution in [0.2, 0.25) is 0 Å². The lowest BCUT2D eigenvalue weighted by Crippen LogP contribution is -1.50. The quantitative estimate of drug-likeness (QED) is 0.431. The fourth-order valence-electron chi connectivity index (χ4n) is 0.856. The fourth-order valence-corrected chi connectivity index (χ4v) is 0.856. The summed E-state index contributed by atoms with van der Waals surface area (Å²) in [5, 5.41) is 0. The lowest BCUT2D eigenvalue weighted by molar-refractivity contribution is 1.09. The molecule has 1 aliphatic carbocycles. The Bertz CT molecular complexity index is 129. The van der Waals surface area contributed by atoms with Crippen LogP contribution in [0.15, 0.2) is 23.8 Å². The maximum atomic E-state index is 3.83. The second-order valence-electron chi connectivity index (χ2n) is 1.99. The van der Waals surface area contributed by atoms with Gasteiger partial charge in [0.25, 0.3) is 0 Å². The normalized spacial score (nSPS) is 34.3. The first-order chi connectivity index (χ1) is 3.27. The molecule has 0 aromatic carbocycles. The van der Waals surface area contributed by atoms with Crippen molar-refractivity contribution in [2.24, 2.45) is 5.92 Å². The lowest BCUT2D eigenvalue weighted by atomic mass is 10.4.